The van der Waals surface area contributed by atoms with Crippen molar-refractivity contribution >= 4 is 5.97 Å². The first-order chi connectivity index (χ1) is 7.98. The van der Waals surface area contributed by atoms with Gasteiger partial charge >= 0.3 is 5.97 Å². The van der Waals surface area contributed by atoms with Crippen LogP contribution in [0.3, 0.4) is 0 Å². The van der Waals surface area contributed by atoms with E-state index in [2.05, 4.69) is 11.8 Å². The lowest BCUT2D eigenvalue weighted by atomic mass is 10.2. The number of hydrogen-bond acceptors (Lipinski definition) is 4. The molecule has 4 heteroatoms. The molecule has 4 nitrogen and oxygen atoms in total. The molecule has 1 saturated heterocycles. The van der Waals surface area contributed by atoms with Gasteiger partial charge in [0.25, 0.3) is 0 Å². The second-order valence-electron chi connectivity index (χ2n) is 4.03. The molecule has 0 aromatic heterocycles. The van der Waals surface area contributed by atoms with E-state index in [9.17, 15) is 4.79 Å². The molecule has 0 radical (unpaired) electrons. The van der Waals surface area contributed by atoms with Crippen molar-refractivity contribution in [3.8, 4) is 11.8 Å². The van der Waals surface area contributed by atoms with Gasteiger partial charge in [-0.1, -0.05) is 5.92 Å². The molecule has 0 aliphatic carbocycles. The Morgan fingerprint density at radius 2 is 2.18 bits per heavy atom. The zero-order valence-electron chi connectivity index (χ0n) is 10.6. The molecule has 17 heavy (non-hydrogen) atoms. The fraction of sp³-hybridized carbons (Fsp3) is 0.615. The van der Waals surface area contributed by atoms with Crippen LogP contribution in [0.1, 0.15) is 27.7 Å². The molecular weight excluding hydrogens is 220 g/mol. The average Bonchev–Trinajstić information content (AvgIpc) is 2.51. The van der Waals surface area contributed by atoms with Crippen LogP contribution in [0.25, 0.3) is 0 Å². The van der Waals surface area contributed by atoms with E-state index in [1.807, 2.05) is 13.8 Å². The Morgan fingerprint density at radius 1 is 1.47 bits per heavy atom. The van der Waals surface area contributed by atoms with Gasteiger partial charge in [-0.25, -0.2) is 4.79 Å². The number of esters is 1. The van der Waals surface area contributed by atoms with Crippen LogP contribution >= 0.6 is 0 Å². The second-order valence-corrected chi connectivity index (χ2v) is 4.03. The highest BCUT2D eigenvalue weighted by atomic mass is 16.7. The summed E-state index contributed by atoms with van der Waals surface area (Å²) in [5.41, 5.74) is 0. The van der Waals surface area contributed by atoms with Gasteiger partial charge in [0.05, 0.1) is 6.61 Å². The normalized spacial score (nSPS) is 26.6. The van der Waals surface area contributed by atoms with E-state index in [1.54, 1.807) is 19.9 Å². The first kappa shape index (κ1) is 13.8. The summed E-state index contributed by atoms with van der Waals surface area (Å²) in [6.07, 6.45) is 2.29. The molecule has 1 heterocycles. The number of hydrogen-bond donors (Lipinski definition) is 0. The molecule has 1 fully saturated rings. The molecular formula is C13H18O4. The first-order valence-corrected chi connectivity index (χ1v) is 5.61. The Balaban J connectivity index is 2.67. The van der Waals surface area contributed by atoms with Crippen molar-refractivity contribution in [3.63, 3.8) is 0 Å². The van der Waals surface area contributed by atoms with E-state index in [0.717, 1.165) is 0 Å². The van der Waals surface area contributed by atoms with E-state index in [0.29, 0.717) is 6.61 Å². The van der Waals surface area contributed by atoms with Gasteiger partial charge in [-0.15, -0.1) is 5.92 Å². The third kappa shape index (κ3) is 4.22. The first-order valence-electron chi connectivity index (χ1n) is 5.61. The third-order valence-corrected chi connectivity index (χ3v) is 2.12. The zero-order chi connectivity index (χ0) is 12.9. The Kier molecular flexibility index (Phi) is 4.73. The lowest BCUT2D eigenvalue weighted by Gasteiger charge is -2.15. The minimum absolute atomic E-state index is 0.346. The Labute approximate surface area is 102 Å². The van der Waals surface area contributed by atoms with E-state index in [1.165, 1.54) is 6.08 Å². The second kappa shape index (κ2) is 5.85. The molecule has 0 amide bonds. The predicted octanol–water partition coefficient (Wildman–Crippen LogP) is 1.65. The highest BCUT2D eigenvalue weighted by molar-refractivity contribution is 5.82. The highest BCUT2D eigenvalue weighted by Gasteiger charge is 2.39. The summed E-state index contributed by atoms with van der Waals surface area (Å²) in [7, 11) is 0. The highest BCUT2D eigenvalue weighted by Crippen LogP contribution is 2.28. The van der Waals surface area contributed by atoms with Gasteiger partial charge in [-0.2, -0.15) is 0 Å². The van der Waals surface area contributed by atoms with Crippen LogP contribution in [0, 0.1) is 11.8 Å². The Morgan fingerprint density at radius 3 is 2.76 bits per heavy atom. The van der Waals surface area contributed by atoms with E-state index >= 15 is 0 Å². The molecule has 1 aliphatic heterocycles. The van der Waals surface area contributed by atoms with Gasteiger partial charge in [-0.3, -0.25) is 0 Å². The molecule has 1 aliphatic rings. The fourth-order valence-corrected chi connectivity index (χ4v) is 1.55. The van der Waals surface area contributed by atoms with Crippen molar-refractivity contribution < 1.29 is 19.0 Å². The fourth-order valence-electron chi connectivity index (χ4n) is 1.55. The molecule has 0 aromatic rings. The number of rotatable bonds is 3. The molecule has 0 N–H and O–H groups in total. The van der Waals surface area contributed by atoms with Gasteiger partial charge in [-0.05, 0) is 33.8 Å². The molecule has 1 rings (SSSR count). The molecule has 2 atom stereocenters. The number of carbonyl (C=O) groups excluding carboxylic acids is 1. The summed E-state index contributed by atoms with van der Waals surface area (Å²) >= 11 is 0. The molecule has 0 aromatic carbocycles. The summed E-state index contributed by atoms with van der Waals surface area (Å²) in [5.74, 6) is 4.62. The van der Waals surface area contributed by atoms with Crippen molar-refractivity contribution in [2.75, 3.05) is 6.61 Å². The van der Waals surface area contributed by atoms with Crippen molar-refractivity contribution in [1.82, 2.24) is 0 Å². The maximum atomic E-state index is 11.2. The third-order valence-electron chi connectivity index (χ3n) is 2.12. The average molecular weight is 238 g/mol. The SMILES string of the molecule is CC#C[C@H]1OC(C)(C)O[C@H]1/C=C/C(=O)OCC. The van der Waals surface area contributed by atoms with E-state index < -0.39 is 5.79 Å². The van der Waals surface area contributed by atoms with Crippen molar-refractivity contribution in [2.24, 2.45) is 0 Å². The Hall–Kier alpha value is -1.31. The summed E-state index contributed by atoms with van der Waals surface area (Å²) in [6, 6.07) is 0. The smallest absolute Gasteiger partial charge is 0.330 e. The predicted molar refractivity (Wildman–Crippen MR) is 63.0 cm³/mol. The van der Waals surface area contributed by atoms with Crippen molar-refractivity contribution in [2.45, 2.75) is 45.7 Å². The lowest BCUT2D eigenvalue weighted by molar-refractivity contribution is -0.140. The summed E-state index contributed by atoms with van der Waals surface area (Å²) < 4.78 is 16.0. The van der Waals surface area contributed by atoms with Gasteiger partial charge in [0.1, 0.15) is 6.10 Å². The Bertz CT molecular complexity index is 359. The number of carbonyl (C=O) groups is 1. The maximum absolute atomic E-state index is 11.2. The monoisotopic (exact) mass is 238 g/mol. The zero-order valence-corrected chi connectivity index (χ0v) is 10.6. The minimum atomic E-state index is -0.682. The van der Waals surface area contributed by atoms with Gasteiger partial charge in [0, 0.05) is 6.08 Å². The summed E-state index contributed by atoms with van der Waals surface area (Å²) in [6.45, 7) is 7.48. The maximum Gasteiger partial charge on any atom is 0.330 e. The van der Waals surface area contributed by atoms with Crippen molar-refractivity contribution in [1.29, 1.82) is 0 Å². The van der Waals surface area contributed by atoms with Crippen LogP contribution < -0.4 is 0 Å². The topological polar surface area (TPSA) is 44.8 Å². The molecule has 0 unspecified atom stereocenters. The van der Waals surface area contributed by atoms with Gasteiger partial charge < -0.3 is 14.2 Å². The minimum Gasteiger partial charge on any atom is -0.463 e. The van der Waals surface area contributed by atoms with E-state index in [4.69, 9.17) is 14.2 Å². The van der Waals surface area contributed by atoms with E-state index in [-0.39, 0.29) is 18.2 Å². The standard InChI is InChI=1S/C13H18O4/c1-5-7-10-11(17-13(3,4)16-10)8-9-12(14)15-6-2/h8-11H,6H2,1-4H3/b9-8+/t10-,11+/m1/s1. The van der Waals surface area contributed by atoms with Crippen LogP contribution in [0.2, 0.25) is 0 Å². The molecule has 0 saturated carbocycles. The molecule has 0 bridgehead atoms. The largest absolute Gasteiger partial charge is 0.463 e. The van der Waals surface area contributed by atoms with Crippen molar-refractivity contribution in [3.05, 3.63) is 12.2 Å². The number of ether oxygens (including phenoxy) is 3. The van der Waals surface area contributed by atoms with Crippen LogP contribution in [0.15, 0.2) is 12.2 Å². The summed E-state index contributed by atoms with van der Waals surface area (Å²) in [4.78, 5) is 11.2. The van der Waals surface area contributed by atoms with Crippen LogP contribution in [0.5, 0.6) is 0 Å². The summed E-state index contributed by atoms with van der Waals surface area (Å²) in [5, 5.41) is 0. The van der Waals surface area contributed by atoms with Crippen LogP contribution in [-0.2, 0) is 19.0 Å². The van der Waals surface area contributed by atoms with Crippen LogP contribution in [-0.4, -0.2) is 30.6 Å². The van der Waals surface area contributed by atoms with Gasteiger partial charge in [0.15, 0.2) is 11.9 Å². The van der Waals surface area contributed by atoms with Gasteiger partial charge in [0.2, 0.25) is 0 Å². The quantitative estimate of drug-likeness (QED) is 0.426. The van der Waals surface area contributed by atoms with Crippen LogP contribution in [0.4, 0.5) is 0 Å². The molecule has 0 spiro atoms. The lowest BCUT2D eigenvalue weighted by Crippen LogP contribution is -2.21. The molecule has 94 valence electrons.